The van der Waals surface area contributed by atoms with Gasteiger partial charge in [-0.25, -0.2) is 13.4 Å². The van der Waals surface area contributed by atoms with Gasteiger partial charge in [-0.2, -0.15) is 5.10 Å². The molecule has 0 fully saturated rings. The molecule has 9 heteroatoms. The van der Waals surface area contributed by atoms with E-state index < -0.39 is 10.0 Å². The summed E-state index contributed by atoms with van der Waals surface area (Å²) in [6.45, 7) is 2.72. The standard InChI is InChI=1S/C12H16ClN5O2S/c1-3-5-14-12-10(13)7-9(8-15-12)21(19,20)17-11-4-6-18(2)16-11/h4,6-8H,3,5H2,1-2H3,(H,14,15)(H,16,17). The summed E-state index contributed by atoms with van der Waals surface area (Å²) in [7, 11) is -2.06. The Labute approximate surface area is 128 Å². The number of nitrogens with one attached hydrogen (secondary N) is 2. The fraction of sp³-hybridized carbons (Fsp3) is 0.333. The minimum absolute atomic E-state index is 0.0137. The molecule has 0 radical (unpaired) electrons. The molecule has 21 heavy (non-hydrogen) atoms. The monoisotopic (exact) mass is 329 g/mol. The molecule has 114 valence electrons. The second-order valence-corrected chi connectivity index (χ2v) is 6.50. The van der Waals surface area contributed by atoms with E-state index in [2.05, 4.69) is 20.1 Å². The van der Waals surface area contributed by atoms with E-state index in [9.17, 15) is 8.42 Å². The molecule has 0 aromatic carbocycles. The van der Waals surface area contributed by atoms with Crippen LogP contribution in [0.1, 0.15) is 13.3 Å². The van der Waals surface area contributed by atoms with Gasteiger partial charge in [0.05, 0.1) is 5.02 Å². The summed E-state index contributed by atoms with van der Waals surface area (Å²) in [4.78, 5) is 4.03. The quantitative estimate of drug-likeness (QED) is 0.847. The van der Waals surface area contributed by atoms with Crippen molar-refractivity contribution >= 4 is 33.3 Å². The maximum atomic E-state index is 12.2. The number of halogens is 1. The maximum absolute atomic E-state index is 12.2. The summed E-state index contributed by atoms with van der Waals surface area (Å²) in [5.74, 6) is 0.706. The van der Waals surface area contributed by atoms with Crippen molar-refractivity contribution in [3.63, 3.8) is 0 Å². The summed E-state index contributed by atoms with van der Waals surface area (Å²) in [6.07, 6.45) is 3.81. The third-order valence-corrected chi connectivity index (χ3v) is 4.23. The molecule has 2 rings (SSSR count). The van der Waals surface area contributed by atoms with Crippen LogP contribution in [0, 0.1) is 0 Å². The van der Waals surface area contributed by atoms with Crippen molar-refractivity contribution in [2.75, 3.05) is 16.6 Å². The van der Waals surface area contributed by atoms with E-state index in [4.69, 9.17) is 11.6 Å². The first-order valence-electron chi connectivity index (χ1n) is 6.34. The van der Waals surface area contributed by atoms with Gasteiger partial charge in [-0.15, -0.1) is 0 Å². The van der Waals surface area contributed by atoms with Crippen molar-refractivity contribution in [1.82, 2.24) is 14.8 Å². The van der Waals surface area contributed by atoms with Gasteiger partial charge in [0.15, 0.2) is 5.82 Å². The van der Waals surface area contributed by atoms with Crippen molar-refractivity contribution < 1.29 is 8.42 Å². The van der Waals surface area contributed by atoms with E-state index in [-0.39, 0.29) is 15.7 Å². The highest BCUT2D eigenvalue weighted by molar-refractivity contribution is 7.92. The number of hydrogen-bond donors (Lipinski definition) is 2. The van der Waals surface area contributed by atoms with Crippen LogP contribution in [-0.4, -0.2) is 29.7 Å². The fourth-order valence-electron chi connectivity index (χ4n) is 1.61. The number of nitrogens with zero attached hydrogens (tertiary/aromatic N) is 3. The summed E-state index contributed by atoms with van der Waals surface area (Å²) in [5.41, 5.74) is 0. The van der Waals surface area contributed by atoms with Gasteiger partial charge in [0, 0.05) is 32.1 Å². The Morgan fingerprint density at radius 1 is 1.43 bits per heavy atom. The van der Waals surface area contributed by atoms with Crippen molar-refractivity contribution in [2.45, 2.75) is 18.2 Å². The number of anilines is 2. The van der Waals surface area contributed by atoms with E-state index >= 15 is 0 Å². The Hall–Kier alpha value is -1.80. The van der Waals surface area contributed by atoms with Gasteiger partial charge in [-0.1, -0.05) is 18.5 Å². The molecule has 0 aliphatic rings. The van der Waals surface area contributed by atoms with Crippen molar-refractivity contribution in [2.24, 2.45) is 7.05 Å². The molecule has 0 spiro atoms. The van der Waals surface area contributed by atoms with Gasteiger partial charge in [0.25, 0.3) is 10.0 Å². The molecular weight excluding hydrogens is 314 g/mol. The second kappa shape index (κ2) is 6.31. The Bertz CT molecular complexity index is 729. The van der Waals surface area contributed by atoms with Crippen molar-refractivity contribution in [3.8, 4) is 0 Å². The van der Waals surface area contributed by atoms with Gasteiger partial charge in [-0.3, -0.25) is 9.40 Å². The van der Waals surface area contributed by atoms with Crippen molar-refractivity contribution in [3.05, 3.63) is 29.5 Å². The van der Waals surface area contributed by atoms with Gasteiger partial charge < -0.3 is 5.32 Å². The van der Waals surface area contributed by atoms with Crippen LogP contribution >= 0.6 is 11.6 Å². The number of sulfonamides is 1. The third kappa shape index (κ3) is 3.85. The zero-order valence-corrected chi connectivity index (χ0v) is 13.2. The molecule has 2 aromatic rings. The normalized spacial score (nSPS) is 11.4. The molecular formula is C12H16ClN5O2S. The molecule has 0 atom stereocenters. The maximum Gasteiger partial charge on any atom is 0.264 e. The highest BCUT2D eigenvalue weighted by atomic mass is 35.5. The number of aromatic nitrogens is 3. The van der Waals surface area contributed by atoms with Crippen LogP contribution in [0.4, 0.5) is 11.6 Å². The lowest BCUT2D eigenvalue weighted by Gasteiger charge is -2.09. The summed E-state index contributed by atoms with van der Waals surface area (Å²) in [6, 6.07) is 2.92. The van der Waals surface area contributed by atoms with Crippen molar-refractivity contribution in [1.29, 1.82) is 0 Å². The first-order chi connectivity index (χ1) is 9.92. The molecule has 7 nitrogen and oxygen atoms in total. The third-order valence-electron chi connectivity index (χ3n) is 2.62. The number of rotatable bonds is 6. The summed E-state index contributed by atoms with van der Waals surface area (Å²) >= 11 is 6.04. The molecule has 0 aliphatic heterocycles. The number of pyridine rings is 1. The molecule has 0 bridgehead atoms. The molecule has 0 aliphatic carbocycles. The molecule has 0 unspecified atom stereocenters. The molecule has 2 heterocycles. The zero-order chi connectivity index (χ0) is 15.5. The molecule has 0 saturated carbocycles. The zero-order valence-electron chi connectivity index (χ0n) is 11.7. The van der Waals surface area contributed by atoms with Crippen LogP contribution in [0.3, 0.4) is 0 Å². The van der Waals surface area contributed by atoms with Crippen LogP contribution in [-0.2, 0) is 17.1 Å². The second-order valence-electron chi connectivity index (χ2n) is 4.41. The van der Waals surface area contributed by atoms with Crippen LogP contribution in [0.15, 0.2) is 29.4 Å². The lowest BCUT2D eigenvalue weighted by molar-refractivity contribution is 0.600. The van der Waals surface area contributed by atoms with E-state index in [0.29, 0.717) is 12.4 Å². The van der Waals surface area contributed by atoms with Crippen LogP contribution in [0.2, 0.25) is 5.02 Å². The molecule has 2 aromatic heterocycles. The van der Waals surface area contributed by atoms with Gasteiger partial charge in [0.1, 0.15) is 10.7 Å². The SMILES string of the molecule is CCCNc1ncc(S(=O)(=O)Nc2ccn(C)n2)cc1Cl. The average molecular weight is 330 g/mol. The summed E-state index contributed by atoms with van der Waals surface area (Å²) in [5, 5.41) is 7.24. The fourth-order valence-corrected chi connectivity index (χ4v) is 2.87. The number of hydrogen-bond acceptors (Lipinski definition) is 5. The van der Waals surface area contributed by atoms with Crippen LogP contribution < -0.4 is 10.0 Å². The first-order valence-corrected chi connectivity index (χ1v) is 8.20. The van der Waals surface area contributed by atoms with Gasteiger partial charge in [-0.05, 0) is 12.5 Å². The highest BCUT2D eigenvalue weighted by Gasteiger charge is 2.17. The topological polar surface area (TPSA) is 88.9 Å². The molecule has 2 N–H and O–H groups in total. The smallest absolute Gasteiger partial charge is 0.264 e. The predicted octanol–water partition coefficient (Wildman–Crippen LogP) is 2.09. The van der Waals surface area contributed by atoms with E-state index in [1.807, 2.05) is 6.92 Å². The van der Waals surface area contributed by atoms with E-state index in [0.717, 1.165) is 6.42 Å². The van der Waals surface area contributed by atoms with Gasteiger partial charge in [0.2, 0.25) is 0 Å². The minimum atomic E-state index is -3.76. The van der Waals surface area contributed by atoms with E-state index in [1.165, 1.54) is 16.9 Å². The highest BCUT2D eigenvalue weighted by Crippen LogP contribution is 2.23. The predicted molar refractivity (Wildman–Crippen MR) is 82.0 cm³/mol. The van der Waals surface area contributed by atoms with E-state index in [1.54, 1.807) is 19.3 Å². The first kappa shape index (κ1) is 15.6. The lowest BCUT2D eigenvalue weighted by Crippen LogP contribution is -2.14. The largest absolute Gasteiger partial charge is 0.369 e. The number of aryl methyl sites for hydroxylation is 1. The van der Waals surface area contributed by atoms with Crippen LogP contribution in [0.25, 0.3) is 0 Å². The molecule has 0 saturated heterocycles. The van der Waals surface area contributed by atoms with Crippen LogP contribution in [0.5, 0.6) is 0 Å². The Balaban J connectivity index is 2.22. The Morgan fingerprint density at radius 2 is 2.19 bits per heavy atom. The van der Waals surface area contributed by atoms with Gasteiger partial charge >= 0.3 is 0 Å². The summed E-state index contributed by atoms with van der Waals surface area (Å²) < 4.78 is 28.3. The lowest BCUT2D eigenvalue weighted by atomic mass is 10.4. The Kier molecular flexibility index (Phi) is 4.69. The minimum Gasteiger partial charge on any atom is -0.369 e. The Morgan fingerprint density at radius 3 is 2.76 bits per heavy atom. The molecule has 0 amide bonds. The average Bonchev–Trinajstić information content (AvgIpc) is 2.82.